The number of alkyl halides is 3. The second-order valence-electron chi connectivity index (χ2n) is 8.59. The maximum Gasteiger partial charge on any atom is 0.416 e. The zero-order valence-corrected chi connectivity index (χ0v) is 21.3. The molecule has 6 nitrogen and oxygen atoms in total. The molecule has 204 valence electrons. The van der Waals surface area contributed by atoms with Crippen molar-refractivity contribution in [3.05, 3.63) is 59.7 Å². The zero-order chi connectivity index (χ0) is 26.9. The van der Waals surface area contributed by atoms with Crippen molar-refractivity contribution in [3.63, 3.8) is 0 Å². The molecule has 2 aromatic rings. The fourth-order valence-electron chi connectivity index (χ4n) is 3.59. The Kier molecular flexibility index (Phi) is 13.6. The van der Waals surface area contributed by atoms with Crippen molar-refractivity contribution < 1.29 is 37.0 Å². The van der Waals surface area contributed by atoms with Gasteiger partial charge in [0.05, 0.1) is 30.0 Å². The van der Waals surface area contributed by atoms with E-state index in [1.54, 1.807) is 18.2 Å². The molecular weight excluding hydrogens is 487 g/mol. The third kappa shape index (κ3) is 12.1. The highest BCUT2D eigenvalue weighted by Crippen LogP contribution is 2.32. The Hall–Kier alpha value is -3.07. The Labute approximate surface area is 216 Å². The van der Waals surface area contributed by atoms with Gasteiger partial charge in [0.25, 0.3) is 0 Å². The molecule has 0 unspecified atom stereocenters. The smallest absolute Gasteiger partial charge is 0.416 e. The van der Waals surface area contributed by atoms with Gasteiger partial charge >= 0.3 is 18.1 Å². The summed E-state index contributed by atoms with van der Waals surface area (Å²) in [5.74, 6) is -0.881. The molecule has 0 atom stereocenters. The average molecular weight is 524 g/mol. The average Bonchev–Trinajstić information content (AvgIpc) is 2.87. The van der Waals surface area contributed by atoms with Crippen LogP contribution < -0.4 is 5.32 Å². The molecule has 0 amide bonds. The highest BCUT2D eigenvalue weighted by Gasteiger charge is 2.30. The number of anilines is 2. The van der Waals surface area contributed by atoms with E-state index in [0.29, 0.717) is 12.1 Å². The predicted molar refractivity (Wildman–Crippen MR) is 136 cm³/mol. The van der Waals surface area contributed by atoms with Crippen LogP contribution in [0.25, 0.3) is 0 Å². The minimum Gasteiger partial charge on any atom is -0.463 e. The van der Waals surface area contributed by atoms with Crippen molar-refractivity contribution in [2.45, 2.75) is 64.5 Å². The van der Waals surface area contributed by atoms with Gasteiger partial charge in [0.1, 0.15) is 13.2 Å². The summed E-state index contributed by atoms with van der Waals surface area (Å²) in [4.78, 5) is 24.2. The maximum absolute atomic E-state index is 13.0. The molecule has 0 aliphatic carbocycles. The standard InChI is InChI=1S/C28H36F3NO5/c1-2-3-4-5-6-7-8-16-26(33)36-19-17-35-18-20-37-27(34)24-14-9-10-15-25(24)32-23-13-11-12-22(21-23)28(29,30)31/h9-15,21,32H,2-8,16-20H2,1H3. The predicted octanol–water partition coefficient (Wildman–Crippen LogP) is 7.31. The Balaban J connectivity index is 1.64. The van der Waals surface area contributed by atoms with E-state index in [1.807, 2.05) is 0 Å². The van der Waals surface area contributed by atoms with Gasteiger partial charge in [-0.3, -0.25) is 4.79 Å². The summed E-state index contributed by atoms with van der Waals surface area (Å²) < 4.78 is 54.6. The molecular formula is C28H36F3NO5. The van der Waals surface area contributed by atoms with Gasteiger partial charge in [-0.15, -0.1) is 0 Å². The number of rotatable bonds is 17. The first kappa shape index (κ1) is 30.2. The van der Waals surface area contributed by atoms with Crippen LogP contribution >= 0.6 is 0 Å². The molecule has 0 aliphatic heterocycles. The van der Waals surface area contributed by atoms with Gasteiger partial charge in [-0.25, -0.2) is 4.79 Å². The largest absolute Gasteiger partial charge is 0.463 e. The molecule has 0 heterocycles. The van der Waals surface area contributed by atoms with E-state index in [1.165, 1.54) is 43.9 Å². The van der Waals surface area contributed by atoms with Crippen molar-refractivity contribution in [2.24, 2.45) is 0 Å². The molecule has 2 aromatic carbocycles. The Morgan fingerprint density at radius 1 is 0.811 bits per heavy atom. The third-order valence-electron chi connectivity index (χ3n) is 5.55. The number of hydrogen-bond acceptors (Lipinski definition) is 6. The number of ether oxygens (including phenoxy) is 3. The van der Waals surface area contributed by atoms with Gasteiger partial charge in [-0.2, -0.15) is 13.2 Å². The summed E-state index contributed by atoms with van der Waals surface area (Å²) in [6.45, 7) is 2.59. The molecule has 0 aliphatic rings. The number of carbonyl (C=O) groups excluding carboxylic acids is 2. The number of benzene rings is 2. The first-order valence-electron chi connectivity index (χ1n) is 12.7. The first-order chi connectivity index (χ1) is 17.8. The topological polar surface area (TPSA) is 73.9 Å². The lowest BCUT2D eigenvalue weighted by atomic mass is 10.1. The lowest BCUT2D eigenvalue weighted by molar-refractivity contribution is -0.145. The Bertz CT molecular complexity index is 965. The molecule has 0 saturated heterocycles. The van der Waals surface area contributed by atoms with Gasteiger partial charge in [0, 0.05) is 12.1 Å². The molecule has 0 radical (unpaired) electrons. The molecule has 0 fully saturated rings. The normalized spacial score (nSPS) is 11.2. The first-order valence-corrected chi connectivity index (χ1v) is 12.7. The van der Waals surface area contributed by atoms with Crippen LogP contribution in [0.15, 0.2) is 48.5 Å². The minimum atomic E-state index is -4.47. The van der Waals surface area contributed by atoms with Crippen LogP contribution in [-0.4, -0.2) is 38.4 Å². The van der Waals surface area contributed by atoms with Crippen molar-refractivity contribution >= 4 is 23.3 Å². The quantitative estimate of drug-likeness (QED) is 0.173. The SMILES string of the molecule is CCCCCCCCCC(=O)OCCOCCOC(=O)c1ccccc1Nc1cccc(C(F)(F)F)c1. The fraction of sp³-hybridized carbons (Fsp3) is 0.500. The third-order valence-corrected chi connectivity index (χ3v) is 5.55. The number of halogens is 3. The Morgan fingerprint density at radius 3 is 2.22 bits per heavy atom. The van der Waals surface area contributed by atoms with E-state index in [2.05, 4.69) is 12.2 Å². The van der Waals surface area contributed by atoms with E-state index in [4.69, 9.17) is 14.2 Å². The summed E-state index contributed by atoms with van der Waals surface area (Å²) in [7, 11) is 0. The summed E-state index contributed by atoms with van der Waals surface area (Å²) in [5.41, 5.74) is -0.0991. The molecule has 0 spiro atoms. The van der Waals surface area contributed by atoms with Crippen LogP contribution in [0.3, 0.4) is 0 Å². The lowest BCUT2D eigenvalue weighted by Crippen LogP contribution is -2.15. The number of carbonyl (C=O) groups is 2. The molecule has 9 heteroatoms. The fourth-order valence-corrected chi connectivity index (χ4v) is 3.59. The van der Waals surface area contributed by atoms with Gasteiger partial charge in [-0.1, -0.05) is 63.6 Å². The minimum absolute atomic E-state index is 0.0251. The highest BCUT2D eigenvalue weighted by molar-refractivity contribution is 5.96. The molecule has 0 aromatic heterocycles. The number of nitrogens with one attached hydrogen (secondary N) is 1. The molecule has 37 heavy (non-hydrogen) atoms. The number of para-hydroxylation sites is 1. The van der Waals surface area contributed by atoms with Crippen LogP contribution in [0, 0.1) is 0 Å². The lowest BCUT2D eigenvalue weighted by Gasteiger charge is -2.13. The monoisotopic (exact) mass is 523 g/mol. The summed E-state index contributed by atoms with van der Waals surface area (Å²) in [5, 5.41) is 2.84. The van der Waals surface area contributed by atoms with Gasteiger partial charge in [-0.05, 0) is 36.8 Å². The highest BCUT2D eigenvalue weighted by atomic mass is 19.4. The maximum atomic E-state index is 13.0. The molecule has 0 bridgehead atoms. The van der Waals surface area contributed by atoms with Gasteiger partial charge in [0.2, 0.25) is 0 Å². The van der Waals surface area contributed by atoms with E-state index in [-0.39, 0.29) is 43.6 Å². The van der Waals surface area contributed by atoms with E-state index >= 15 is 0 Å². The number of esters is 2. The second kappa shape index (κ2) is 16.6. The van der Waals surface area contributed by atoms with E-state index in [0.717, 1.165) is 31.4 Å². The van der Waals surface area contributed by atoms with Gasteiger partial charge < -0.3 is 19.5 Å². The number of hydrogen-bond donors (Lipinski definition) is 1. The number of unbranched alkanes of at least 4 members (excludes halogenated alkanes) is 6. The molecule has 0 saturated carbocycles. The van der Waals surface area contributed by atoms with Crippen LogP contribution in [0.4, 0.5) is 24.5 Å². The Morgan fingerprint density at radius 2 is 1.49 bits per heavy atom. The summed E-state index contributed by atoms with van der Waals surface area (Å²) in [6, 6.07) is 11.1. The van der Waals surface area contributed by atoms with Crippen LogP contribution in [0.1, 0.15) is 74.2 Å². The van der Waals surface area contributed by atoms with Crippen molar-refractivity contribution in [3.8, 4) is 0 Å². The second-order valence-corrected chi connectivity index (χ2v) is 8.59. The van der Waals surface area contributed by atoms with Crippen molar-refractivity contribution in [2.75, 3.05) is 31.7 Å². The van der Waals surface area contributed by atoms with E-state index in [9.17, 15) is 22.8 Å². The van der Waals surface area contributed by atoms with E-state index < -0.39 is 17.7 Å². The van der Waals surface area contributed by atoms with Crippen molar-refractivity contribution in [1.29, 1.82) is 0 Å². The van der Waals surface area contributed by atoms with Crippen LogP contribution in [-0.2, 0) is 25.2 Å². The molecule has 2 rings (SSSR count). The summed E-state index contributed by atoms with van der Waals surface area (Å²) >= 11 is 0. The van der Waals surface area contributed by atoms with Crippen LogP contribution in [0.2, 0.25) is 0 Å². The van der Waals surface area contributed by atoms with Crippen LogP contribution in [0.5, 0.6) is 0 Å². The zero-order valence-electron chi connectivity index (χ0n) is 21.3. The van der Waals surface area contributed by atoms with Gasteiger partial charge in [0.15, 0.2) is 0 Å². The molecule has 1 N–H and O–H groups in total. The van der Waals surface area contributed by atoms with Crippen molar-refractivity contribution in [1.82, 2.24) is 0 Å². The summed E-state index contributed by atoms with van der Waals surface area (Å²) in [6.07, 6.45) is 3.85.